The number of nitrogens with zero attached hydrogens (tertiary/aromatic N) is 3. The minimum Gasteiger partial charge on any atom is -0.493 e. The summed E-state index contributed by atoms with van der Waals surface area (Å²) >= 11 is 0. The molecular weight excluding hydrogens is 540 g/mol. The van der Waals surface area contributed by atoms with Crippen molar-refractivity contribution in [2.75, 3.05) is 59.7 Å². The van der Waals surface area contributed by atoms with Crippen LogP contribution in [0, 0.1) is 11.3 Å². The van der Waals surface area contributed by atoms with E-state index in [9.17, 15) is 19.5 Å². The third kappa shape index (κ3) is 6.94. The van der Waals surface area contributed by atoms with E-state index in [-0.39, 0.29) is 25.2 Å². The number of benzene rings is 1. The van der Waals surface area contributed by atoms with Gasteiger partial charge in [0.25, 0.3) is 0 Å². The van der Waals surface area contributed by atoms with Crippen LogP contribution >= 0.6 is 0 Å². The van der Waals surface area contributed by atoms with Crippen LogP contribution in [0.25, 0.3) is 0 Å². The number of unbranched alkanes of at least 4 members (excludes halogenated alkanes) is 2. The molecule has 42 heavy (non-hydrogen) atoms. The molecule has 11 nitrogen and oxygen atoms in total. The van der Waals surface area contributed by atoms with Gasteiger partial charge < -0.3 is 34.9 Å². The Labute approximate surface area is 249 Å². The van der Waals surface area contributed by atoms with E-state index in [1.165, 1.54) is 0 Å². The van der Waals surface area contributed by atoms with Crippen LogP contribution in [0.15, 0.2) is 12.1 Å². The Morgan fingerprint density at radius 2 is 1.95 bits per heavy atom. The van der Waals surface area contributed by atoms with Crippen LogP contribution in [0.4, 0.5) is 0 Å². The summed E-state index contributed by atoms with van der Waals surface area (Å²) in [6, 6.07) is 3.23. The van der Waals surface area contributed by atoms with Gasteiger partial charge in [-0.25, -0.2) is 0 Å². The lowest BCUT2D eigenvalue weighted by molar-refractivity contribution is -0.144. The highest BCUT2D eigenvalue weighted by Crippen LogP contribution is 2.47. The summed E-state index contributed by atoms with van der Waals surface area (Å²) in [5, 5.41) is 10.6. The second-order valence-corrected chi connectivity index (χ2v) is 12.4. The summed E-state index contributed by atoms with van der Waals surface area (Å²) in [6.45, 7) is 9.58. The van der Waals surface area contributed by atoms with Gasteiger partial charge in [0, 0.05) is 50.1 Å². The number of hydrogen-bond donors (Lipinski definition) is 2. The predicted molar refractivity (Wildman–Crippen MR) is 158 cm³/mol. The van der Waals surface area contributed by atoms with E-state index in [0.29, 0.717) is 62.9 Å². The van der Waals surface area contributed by atoms with Crippen LogP contribution in [-0.2, 0) is 14.4 Å². The molecule has 3 atom stereocenters. The van der Waals surface area contributed by atoms with Crippen molar-refractivity contribution in [2.45, 2.75) is 71.3 Å². The molecule has 0 aromatic heterocycles. The van der Waals surface area contributed by atoms with Crippen molar-refractivity contribution in [3.8, 4) is 17.2 Å². The van der Waals surface area contributed by atoms with Gasteiger partial charge in [-0.15, -0.1) is 0 Å². The molecule has 2 fully saturated rings. The van der Waals surface area contributed by atoms with Crippen molar-refractivity contribution in [3.63, 3.8) is 0 Å². The predicted octanol–water partition coefficient (Wildman–Crippen LogP) is 2.91. The Morgan fingerprint density at radius 3 is 2.60 bits per heavy atom. The normalized spacial score (nSPS) is 23.0. The molecule has 3 aliphatic rings. The lowest BCUT2D eigenvalue weighted by Gasteiger charge is -2.31. The summed E-state index contributed by atoms with van der Waals surface area (Å²) < 4.78 is 16.8. The highest BCUT2D eigenvalue weighted by Gasteiger charge is 2.48. The zero-order valence-corrected chi connectivity index (χ0v) is 25.6. The monoisotopic (exact) mass is 588 g/mol. The molecule has 234 valence electrons. The topological polar surface area (TPSA) is 135 Å². The largest absolute Gasteiger partial charge is 0.493 e. The van der Waals surface area contributed by atoms with E-state index in [4.69, 9.17) is 19.9 Å². The smallest absolute Gasteiger partial charge is 0.308 e. The molecule has 0 saturated carbocycles. The van der Waals surface area contributed by atoms with E-state index in [1.807, 2.05) is 40.7 Å². The number of likely N-dealkylation sites (tertiary alicyclic amines) is 2. The van der Waals surface area contributed by atoms with Gasteiger partial charge in [0.2, 0.25) is 24.4 Å². The first kappa shape index (κ1) is 31.9. The fourth-order valence-electron chi connectivity index (χ4n) is 6.54. The molecule has 2 amide bonds. The molecule has 1 aromatic carbocycles. The molecule has 0 radical (unpaired) electrons. The number of carboxylic acids is 1. The lowest BCUT2D eigenvalue weighted by atomic mass is 9.84. The molecule has 3 N–H and O–H groups in total. The number of carboxylic acid groups (broad SMARTS) is 1. The molecule has 0 unspecified atom stereocenters. The highest BCUT2D eigenvalue weighted by molar-refractivity contribution is 5.84. The summed E-state index contributed by atoms with van der Waals surface area (Å²) in [6.07, 6.45) is 4.80. The third-order valence-corrected chi connectivity index (χ3v) is 9.06. The number of rotatable bonds is 15. The molecule has 0 spiro atoms. The van der Waals surface area contributed by atoms with E-state index in [0.717, 1.165) is 37.7 Å². The van der Waals surface area contributed by atoms with Gasteiger partial charge in [-0.2, -0.15) is 0 Å². The lowest BCUT2D eigenvalue weighted by Crippen LogP contribution is -2.46. The minimum atomic E-state index is -0.921. The number of methoxy groups -OCH3 is 1. The van der Waals surface area contributed by atoms with Crippen molar-refractivity contribution >= 4 is 17.8 Å². The van der Waals surface area contributed by atoms with Crippen LogP contribution in [-0.4, -0.2) is 103 Å². The number of nitrogens with two attached hydrogens (primary N) is 1. The Hall–Kier alpha value is -3.05. The molecule has 11 heteroatoms. The van der Waals surface area contributed by atoms with Gasteiger partial charge in [0.1, 0.15) is 0 Å². The Balaban J connectivity index is 1.62. The summed E-state index contributed by atoms with van der Waals surface area (Å²) in [4.78, 5) is 45.4. The first-order valence-corrected chi connectivity index (χ1v) is 15.3. The maximum atomic E-state index is 13.7. The number of fused-ring (bicyclic) bond motifs is 1. The Kier molecular flexibility index (Phi) is 10.6. The van der Waals surface area contributed by atoms with Crippen LogP contribution in [0.1, 0.15) is 70.8 Å². The molecular formula is C31H48N4O7. The maximum Gasteiger partial charge on any atom is 0.308 e. The summed E-state index contributed by atoms with van der Waals surface area (Å²) in [5.74, 6) is -0.495. The van der Waals surface area contributed by atoms with Gasteiger partial charge >= 0.3 is 5.97 Å². The van der Waals surface area contributed by atoms with Gasteiger partial charge in [-0.3, -0.25) is 19.3 Å². The van der Waals surface area contributed by atoms with Crippen molar-refractivity contribution in [3.05, 3.63) is 17.7 Å². The van der Waals surface area contributed by atoms with Crippen LogP contribution in [0.3, 0.4) is 0 Å². The number of ether oxygens (including phenoxy) is 3. The Bertz CT molecular complexity index is 1130. The van der Waals surface area contributed by atoms with Crippen LogP contribution in [0.5, 0.6) is 17.2 Å². The second kappa shape index (κ2) is 13.9. The molecule has 3 heterocycles. The summed E-state index contributed by atoms with van der Waals surface area (Å²) in [5.41, 5.74) is 6.06. The van der Waals surface area contributed by atoms with Crippen LogP contribution < -0.4 is 19.9 Å². The third-order valence-electron chi connectivity index (χ3n) is 9.06. The van der Waals surface area contributed by atoms with Crippen molar-refractivity contribution in [2.24, 2.45) is 17.1 Å². The fraction of sp³-hybridized carbons (Fsp3) is 0.710. The fourth-order valence-corrected chi connectivity index (χ4v) is 6.54. The van der Waals surface area contributed by atoms with Crippen LogP contribution in [0.2, 0.25) is 0 Å². The Morgan fingerprint density at radius 1 is 1.19 bits per heavy atom. The van der Waals surface area contributed by atoms with Crippen molar-refractivity contribution in [1.29, 1.82) is 0 Å². The maximum absolute atomic E-state index is 13.7. The molecule has 0 aliphatic carbocycles. The van der Waals surface area contributed by atoms with Crippen molar-refractivity contribution in [1.82, 2.24) is 14.7 Å². The zero-order valence-electron chi connectivity index (χ0n) is 25.6. The average Bonchev–Trinajstić information content (AvgIpc) is 3.65. The number of amides is 2. The van der Waals surface area contributed by atoms with E-state index in [2.05, 4.69) is 6.92 Å². The van der Waals surface area contributed by atoms with Gasteiger partial charge in [-0.1, -0.05) is 27.2 Å². The standard InChI is InChI=1S/C31H48N4O7/c1-5-6-12-33(13-8-7-11-32)26(36)19-35-18-22(21-16-24(40-4)28-25(17-21)41-20-42-28)27(29(37)38)23(35)9-14-34-15-10-31(2,3)30(34)39/h16-17,22-23,27H,5-15,18-20,32H2,1-4H3,(H,37,38)/t22-,23+,27-/m1/s1. The molecule has 4 rings (SSSR count). The first-order valence-electron chi connectivity index (χ1n) is 15.3. The highest BCUT2D eigenvalue weighted by atomic mass is 16.7. The molecule has 0 bridgehead atoms. The molecule has 1 aromatic rings. The van der Waals surface area contributed by atoms with E-state index in [1.54, 1.807) is 7.11 Å². The second-order valence-electron chi connectivity index (χ2n) is 12.4. The van der Waals surface area contributed by atoms with Gasteiger partial charge in [-0.05, 0) is 56.3 Å². The first-order chi connectivity index (χ1) is 20.1. The van der Waals surface area contributed by atoms with Gasteiger partial charge in [0.15, 0.2) is 11.5 Å². The number of aliphatic carboxylic acids is 1. The van der Waals surface area contributed by atoms with E-state index >= 15 is 0 Å². The minimum absolute atomic E-state index is 0.00286. The number of carbonyl (C=O) groups is 3. The average molecular weight is 589 g/mol. The quantitative estimate of drug-likeness (QED) is 0.297. The zero-order chi connectivity index (χ0) is 30.4. The number of hydrogen-bond acceptors (Lipinski definition) is 8. The SMILES string of the molecule is CCCCN(CCCCN)C(=O)CN1C[C@H](c2cc(OC)c3c(c2)OCO3)[C@@H](C(=O)O)[C@@H]1CCN1CCC(C)(C)C1=O. The summed E-state index contributed by atoms with van der Waals surface area (Å²) in [7, 11) is 1.54. The number of carbonyl (C=O) groups excluding carboxylic acids is 2. The molecule has 3 aliphatic heterocycles. The van der Waals surface area contributed by atoms with E-state index < -0.39 is 29.3 Å². The molecule has 2 saturated heterocycles. The van der Waals surface area contributed by atoms with Crippen molar-refractivity contribution < 1.29 is 33.7 Å². The van der Waals surface area contributed by atoms with Gasteiger partial charge in [0.05, 0.1) is 19.6 Å².